The number of rotatable bonds is 4. The minimum absolute atomic E-state index is 0.0307. The van der Waals surface area contributed by atoms with Crippen molar-refractivity contribution in [3.63, 3.8) is 0 Å². The molecule has 5 N–H and O–H groups in total. The Bertz CT molecular complexity index is 493. The van der Waals surface area contributed by atoms with Crippen LogP contribution in [0.2, 0.25) is 0 Å². The topological polar surface area (TPSA) is 147 Å². The van der Waals surface area contributed by atoms with Crippen molar-refractivity contribution in [2.24, 2.45) is 5.14 Å². The van der Waals surface area contributed by atoms with Crippen LogP contribution in [0.25, 0.3) is 0 Å². The van der Waals surface area contributed by atoms with Crippen molar-refractivity contribution >= 4 is 16.3 Å². The van der Waals surface area contributed by atoms with Gasteiger partial charge in [0.25, 0.3) is 0 Å². The summed E-state index contributed by atoms with van der Waals surface area (Å²) in [5.41, 5.74) is 0.730. The molecule has 1 rings (SSSR count). The molecule has 1 aromatic rings. The number of carbonyl (C=O) groups is 1. The van der Waals surface area contributed by atoms with Gasteiger partial charge in [0.05, 0.1) is 5.92 Å². The molecule has 1 unspecified atom stereocenters. The van der Waals surface area contributed by atoms with E-state index in [1.54, 1.807) is 24.3 Å². The van der Waals surface area contributed by atoms with Gasteiger partial charge in [0.1, 0.15) is 6.61 Å². The van der Waals surface area contributed by atoms with Crippen molar-refractivity contribution in [3.05, 3.63) is 35.9 Å². The van der Waals surface area contributed by atoms with Gasteiger partial charge in [0, 0.05) is 6.92 Å². The van der Waals surface area contributed by atoms with Crippen LogP contribution in [0.3, 0.4) is 0 Å². The lowest BCUT2D eigenvalue weighted by atomic mass is 10.00. The van der Waals surface area contributed by atoms with E-state index in [1.807, 2.05) is 6.07 Å². The second-order valence-electron chi connectivity index (χ2n) is 3.75. The Kier molecular flexibility index (Phi) is 7.96. The lowest BCUT2D eigenvalue weighted by Crippen LogP contribution is -2.23. The molecule has 0 radical (unpaired) electrons. The third-order valence-corrected chi connectivity index (χ3v) is 2.05. The number of hydrogen-bond donors (Lipinski definition) is 4. The van der Waals surface area contributed by atoms with E-state index in [1.165, 1.54) is 6.92 Å². The van der Waals surface area contributed by atoms with E-state index in [4.69, 9.17) is 27.9 Å². The smallest absolute Gasteiger partial charge is 0.330 e. The molecule has 1 aromatic carbocycles. The number of ether oxygens (including phenoxy) is 1. The second-order valence-corrected chi connectivity index (χ2v) is 4.78. The largest absolute Gasteiger partial charge is 0.465 e. The lowest BCUT2D eigenvalue weighted by Gasteiger charge is -2.18. The highest BCUT2D eigenvalue weighted by molar-refractivity contribution is 7.83. The molecule has 0 aliphatic heterocycles. The minimum atomic E-state index is -4.17. The second kappa shape index (κ2) is 8.61. The zero-order chi connectivity index (χ0) is 15.8. The maximum absolute atomic E-state index is 10.6. The molecule has 0 aliphatic carbocycles. The minimum Gasteiger partial charge on any atom is -0.465 e. The van der Waals surface area contributed by atoms with Crippen LogP contribution >= 0.6 is 0 Å². The van der Waals surface area contributed by atoms with Crippen molar-refractivity contribution in [3.8, 4) is 0 Å². The molecule has 0 aromatic heterocycles. The molecule has 114 valence electrons. The van der Waals surface area contributed by atoms with Crippen LogP contribution in [0.1, 0.15) is 18.4 Å². The summed E-state index contributed by atoms with van der Waals surface area (Å²) in [6, 6.07) is 8.92. The van der Waals surface area contributed by atoms with E-state index in [-0.39, 0.29) is 6.61 Å². The van der Waals surface area contributed by atoms with Crippen molar-refractivity contribution in [2.45, 2.75) is 19.1 Å². The lowest BCUT2D eigenvalue weighted by molar-refractivity contribution is -0.145. The van der Waals surface area contributed by atoms with Crippen LogP contribution < -0.4 is 5.14 Å². The average molecular weight is 307 g/mol. The molecule has 0 amide bonds. The fraction of sp³-hybridized carbons (Fsp3) is 0.364. The van der Waals surface area contributed by atoms with Crippen molar-refractivity contribution in [2.75, 3.05) is 6.61 Å². The Labute approximate surface area is 116 Å². The summed E-state index contributed by atoms with van der Waals surface area (Å²) in [4.78, 5) is 10.6. The quantitative estimate of drug-likeness (QED) is 0.329. The normalized spacial score (nSPS) is 12.3. The van der Waals surface area contributed by atoms with Crippen LogP contribution in [0.4, 0.5) is 0 Å². The molecule has 0 aliphatic rings. The van der Waals surface area contributed by atoms with E-state index in [9.17, 15) is 4.79 Å². The zero-order valence-electron chi connectivity index (χ0n) is 10.7. The summed E-state index contributed by atoms with van der Waals surface area (Å²) < 4.78 is 30.0. The molecule has 1 atom stereocenters. The molecule has 0 bridgehead atoms. The van der Waals surface area contributed by atoms with E-state index in [0.717, 1.165) is 5.56 Å². The van der Waals surface area contributed by atoms with Crippen LogP contribution in [-0.4, -0.2) is 42.0 Å². The number of benzene rings is 1. The van der Waals surface area contributed by atoms with E-state index in [0.29, 0.717) is 0 Å². The van der Waals surface area contributed by atoms with Crippen LogP contribution in [0.15, 0.2) is 30.3 Å². The molecule has 0 saturated heterocycles. The summed E-state index contributed by atoms with van der Waals surface area (Å²) >= 11 is 0. The molecular weight excluding hydrogens is 290 g/mol. The van der Waals surface area contributed by atoms with Gasteiger partial charge in [-0.3, -0.25) is 9.35 Å². The molecule has 0 heterocycles. The van der Waals surface area contributed by atoms with E-state index >= 15 is 0 Å². The Morgan fingerprint density at radius 2 is 1.75 bits per heavy atom. The van der Waals surface area contributed by atoms with Gasteiger partial charge < -0.3 is 14.9 Å². The SMILES string of the molecule is CC(=O)OCC(c1ccccc1)C(O)O.NS(=O)(=O)O. The summed E-state index contributed by atoms with van der Waals surface area (Å²) in [6.45, 7) is 1.25. The average Bonchev–Trinajstić information content (AvgIpc) is 2.27. The summed E-state index contributed by atoms with van der Waals surface area (Å²) in [5.74, 6) is -1.04. The van der Waals surface area contributed by atoms with Crippen LogP contribution in [0.5, 0.6) is 0 Å². The third-order valence-electron chi connectivity index (χ3n) is 2.05. The Balaban J connectivity index is 0.000000621. The van der Waals surface area contributed by atoms with Gasteiger partial charge in [-0.1, -0.05) is 30.3 Å². The number of aliphatic hydroxyl groups excluding tert-OH is 1. The van der Waals surface area contributed by atoms with Gasteiger partial charge in [0.2, 0.25) is 0 Å². The Morgan fingerprint density at radius 1 is 1.30 bits per heavy atom. The standard InChI is InChI=1S/C11H14O4.H3NO3S/c1-8(12)15-7-10(11(13)14)9-5-3-2-4-6-9;1-5(2,3)4/h2-6,10-11,13-14H,7H2,1H3;(H3,1,2,3,4). The highest BCUT2D eigenvalue weighted by atomic mass is 32.2. The van der Waals surface area contributed by atoms with Crippen LogP contribution in [-0.2, 0) is 19.8 Å². The fourth-order valence-corrected chi connectivity index (χ4v) is 1.26. The van der Waals surface area contributed by atoms with Crippen LogP contribution in [0, 0.1) is 0 Å². The molecule has 9 heteroatoms. The first kappa shape index (κ1) is 18.5. The van der Waals surface area contributed by atoms with Gasteiger partial charge in [-0.25, -0.2) is 5.14 Å². The number of esters is 1. The fourth-order valence-electron chi connectivity index (χ4n) is 1.26. The summed E-state index contributed by atoms with van der Waals surface area (Å²) in [6.07, 6.45) is -1.54. The van der Waals surface area contributed by atoms with E-state index < -0.39 is 28.5 Å². The molecular formula is C11H17NO7S. The zero-order valence-corrected chi connectivity index (χ0v) is 11.5. The predicted molar refractivity (Wildman–Crippen MR) is 69.8 cm³/mol. The molecule has 0 fully saturated rings. The summed E-state index contributed by atoms with van der Waals surface area (Å²) in [7, 11) is -4.17. The van der Waals surface area contributed by atoms with E-state index in [2.05, 4.69) is 5.14 Å². The molecule has 0 saturated carbocycles. The first-order chi connectivity index (χ1) is 9.11. The highest BCUT2D eigenvalue weighted by Gasteiger charge is 2.19. The maximum atomic E-state index is 10.6. The number of aliphatic hydroxyl groups is 2. The van der Waals surface area contributed by atoms with Crippen molar-refractivity contribution in [1.82, 2.24) is 0 Å². The van der Waals surface area contributed by atoms with Gasteiger partial charge in [0.15, 0.2) is 6.29 Å². The number of nitrogens with two attached hydrogens (primary N) is 1. The van der Waals surface area contributed by atoms with Gasteiger partial charge in [-0.2, -0.15) is 8.42 Å². The molecule has 0 spiro atoms. The number of hydrogen-bond acceptors (Lipinski definition) is 6. The van der Waals surface area contributed by atoms with Gasteiger partial charge in [-0.15, -0.1) is 0 Å². The predicted octanol–water partition coefficient (Wildman–Crippen LogP) is -0.608. The first-order valence-corrected chi connectivity index (χ1v) is 6.91. The number of carbonyl (C=O) groups excluding carboxylic acids is 1. The monoisotopic (exact) mass is 307 g/mol. The van der Waals surface area contributed by atoms with Gasteiger partial charge in [-0.05, 0) is 5.56 Å². The first-order valence-electron chi connectivity index (χ1n) is 5.41. The maximum Gasteiger partial charge on any atom is 0.330 e. The Hall–Kier alpha value is -1.52. The third kappa shape index (κ3) is 10.4. The van der Waals surface area contributed by atoms with Crippen molar-refractivity contribution in [1.29, 1.82) is 0 Å². The summed E-state index contributed by atoms with van der Waals surface area (Å²) in [5, 5.41) is 22.2. The Morgan fingerprint density at radius 3 is 2.10 bits per heavy atom. The van der Waals surface area contributed by atoms with Crippen molar-refractivity contribution < 1.29 is 32.7 Å². The molecule has 20 heavy (non-hydrogen) atoms. The highest BCUT2D eigenvalue weighted by Crippen LogP contribution is 2.18. The van der Waals surface area contributed by atoms with Gasteiger partial charge >= 0.3 is 16.3 Å². The molecule has 8 nitrogen and oxygen atoms in total.